The SMILES string of the molecule is CCOC(=O)[C@@H](C1CC1)N1C(=O)CO[C@H](c2ccc(Cl)cc2)[C@@H]1c1ccc(Cl)cc1. The molecule has 1 aliphatic carbocycles. The first-order valence-corrected chi connectivity index (χ1v) is 10.9. The minimum atomic E-state index is -0.628. The monoisotopic (exact) mass is 447 g/mol. The van der Waals surface area contributed by atoms with E-state index < -0.39 is 18.2 Å². The van der Waals surface area contributed by atoms with Crippen LogP contribution in [-0.2, 0) is 19.1 Å². The number of carbonyl (C=O) groups excluding carboxylic acids is 2. The minimum Gasteiger partial charge on any atom is -0.464 e. The minimum absolute atomic E-state index is 0.0972. The zero-order chi connectivity index (χ0) is 21.3. The third-order valence-electron chi connectivity index (χ3n) is 5.57. The Balaban J connectivity index is 1.80. The summed E-state index contributed by atoms with van der Waals surface area (Å²) in [6.07, 6.45) is 1.34. The molecule has 2 aromatic rings. The lowest BCUT2D eigenvalue weighted by molar-refractivity contribution is -0.174. The smallest absolute Gasteiger partial charge is 0.329 e. The molecule has 2 aliphatic rings. The van der Waals surface area contributed by atoms with Crippen LogP contribution in [0.25, 0.3) is 0 Å². The fourth-order valence-electron chi connectivity index (χ4n) is 4.05. The average molecular weight is 448 g/mol. The molecule has 0 N–H and O–H groups in total. The number of nitrogens with zero attached hydrogens (tertiary/aromatic N) is 1. The predicted molar refractivity (Wildman–Crippen MR) is 114 cm³/mol. The number of esters is 1. The first kappa shape index (κ1) is 21.2. The molecule has 0 unspecified atom stereocenters. The van der Waals surface area contributed by atoms with Crippen molar-refractivity contribution in [2.45, 2.75) is 38.0 Å². The Morgan fingerprint density at radius 1 is 1.07 bits per heavy atom. The normalized spacial score (nSPS) is 22.6. The van der Waals surface area contributed by atoms with E-state index in [1.54, 1.807) is 36.1 Å². The molecule has 30 heavy (non-hydrogen) atoms. The second-order valence-electron chi connectivity index (χ2n) is 7.61. The molecule has 4 rings (SSSR count). The van der Waals surface area contributed by atoms with Gasteiger partial charge in [-0.3, -0.25) is 4.79 Å². The van der Waals surface area contributed by atoms with Gasteiger partial charge in [-0.2, -0.15) is 0 Å². The predicted octanol–water partition coefficient (Wildman–Crippen LogP) is 4.98. The molecule has 3 atom stereocenters. The van der Waals surface area contributed by atoms with Gasteiger partial charge in [0.05, 0.1) is 12.6 Å². The molecule has 2 fully saturated rings. The van der Waals surface area contributed by atoms with Gasteiger partial charge in [-0.05, 0) is 61.1 Å². The Bertz CT molecular complexity index is 912. The number of hydrogen-bond donors (Lipinski definition) is 0. The van der Waals surface area contributed by atoms with Crippen molar-refractivity contribution in [1.82, 2.24) is 4.90 Å². The van der Waals surface area contributed by atoms with Crippen molar-refractivity contribution in [1.29, 1.82) is 0 Å². The maximum Gasteiger partial charge on any atom is 0.329 e. The van der Waals surface area contributed by atoms with E-state index in [-0.39, 0.29) is 31.0 Å². The van der Waals surface area contributed by atoms with Gasteiger partial charge in [-0.15, -0.1) is 0 Å². The summed E-state index contributed by atoms with van der Waals surface area (Å²) < 4.78 is 11.4. The highest BCUT2D eigenvalue weighted by atomic mass is 35.5. The number of benzene rings is 2. The molecule has 2 aromatic carbocycles. The van der Waals surface area contributed by atoms with Gasteiger partial charge in [0.2, 0.25) is 5.91 Å². The first-order chi connectivity index (χ1) is 14.5. The van der Waals surface area contributed by atoms with Crippen molar-refractivity contribution in [3.05, 3.63) is 69.7 Å². The van der Waals surface area contributed by atoms with Crippen molar-refractivity contribution in [2.24, 2.45) is 5.92 Å². The van der Waals surface area contributed by atoms with Crippen LogP contribution in [0.15, 0.2) is 48.5 Å². The average Bonchev–Trinajstić information content (AvgIpc) is 3.56. The van der Waals surface area contributed by atoms with Crippen molar-refractivity contribution >= 4 is 35.1 Å². The Labute approximate surface area is 185 Å². The summed E-state index contributed by atoms with van der Waals surface area (Å²) in [6.45, 7) is 1.95. The standard InChI is InChI=1S/C23H23Cl2NO4/c1-2-29-23(28)21(15-3-4-15)26-19(27)13-30-22(16-7-11-18(25)12-8-16)20(26)14-5-9-17(24)10-6-14/h5-12,15,20-22H,2-4,13H2,1H3/t20-,21+,22+/m0/s1. The third-order valence-corrected chi connectivity index (χ3v) is 6.07. The van der Waals surface area contributed by atoms with Gasteiger partial charge in [0.1, 0.15) is 18.8 Å². The van der Waals surface area contributed by atoms with Gasteiger partial charge in [0.25, 0.3) is 0 Å². The molecule has 1 amide bonds. The van der Waals surface area contributed by atoms with Crippen molar-refractivity contribution in [3.63, 3.8) is 0 Å². The number of carbonyl (C=O) groups is 2. The summed E-state index contributed by atoms with van der Waals surface area (Å²) >= 11 is 12.2. The number of halogens is 2. The topological polar surface area (TPSA) is 55.8 Å². The Hall–Kier alpha value is -2.08. The maximum absolute atomic E-state index is 13.1. The number of rotatable bonds is 6. The Morgan fingerprint density at radius 2 is 1.63 bits per heavy atom. The van der Waals surface area contributed by atoms with Gasteiger partial charge in [-0.1, -0.05) is 47.5 Å². The second-order valence-corrected chi connectivity index (χ2v) is 8.49. The highest BCUT2D eigenvalue weighted by Crippen LogP contribution is 2.46. The molecule has 1 heterocycles. The van der Waals surface area contributed by atoms with Crippen LogP contribution in [0.4, 0.5) is 0 Å². The molecular weight excluding hydrogens is 425 g/mol. The quantitative estimate of drug-likeness (QED) is 0.586. The lowest BCUT2D eigenvalue weighted by Crippen LogP contribution is -2.54. The lowest BCUT2D eigenvalue weighted by atomic mass is 9.90. The van der Waals surface area contributed by atoms with E-state index in [0.29, 0.717) is 10.0 Å². The Kier molecular flexibility index (Phi) is 6.32. The van der Waals surface area contributed by atoms with Crippen LogP contribution in [0.2, 0.25) is 10.0 Å². The maximum atomic E-state index is 13.1. The molecular formula is C23H23Cl2NO4. The van der Waals surface area contributed by atoms with E-state index in [4.69, 9.17) is 32.7 Å². The molecule has 1 aliphatic heterocycles. The van der Waals surface area contributed by atoms with Crippen LogP contribution in [0.5, 0.6) is 0 Å². The van der Waals surface area contributed by atoms with Crippen molar-refractivity contribution in [2.75, 3.05) is 13.2 Å². The van der Waals surface area contributed by atoms with Crippen LogP contribution >= 0.6 is 23.2 Å². The van der Waals surface area contributed by atoms with Crippen LogP contribution in [0.1, 0.15) is 43.0 Å². The molecule has 1 saturated heterocycles. The summed E-state index contributed by atoms with van der Waals surface area (Å²) in [6, 6.07) is 13.6. The van der Waals surface area contributed by atoms with E-state index in [1.165, 1.54) is 0 Å². The molecule has 0 radical (unpaired) electrons. The summed E-state index contributed by atoms with van der Waals surface area (Å²) in [5, 5.41) is 1.22. The molecule has 0 spiro atoms. The zero-order valence-corrected chi connectivity index (χ0v) is 18.1. The fourth-order valence-corrected chi connectivity index (χ4v) is 4.31. The molecule has 7 heteroatoms. The van der Waals surface area contributed by atoms with E-state index in [0.717, 1.165) is 24.0 Å². The van der Waals surface area contributed by atoms with E-state index >= 15 is 0 Å². The van der Waals surface area contributed by atoms with Crippen molar-refractivity contribution < 1.29 is 19.1 Å². The summed E-state index contributed by atoms with van der Waals surface area (Å²) in [5.41, 5.74) is 1.73. The summed E-state index contributed by atoms with van der Waals surface area (Å²) in [7, 11) is 0. The van der Waals surface area contributed by atoms with Crippen molar-refractivity contribution in [3.8, 4) is 0 Å². The number of ether oxygens (including phenoxy) is 2. The van der Waals surface area contributed by atoms with Crippen LogP contribution in [0, 0.1) is 5.92 Å². The number of morpholine rings is 1. The van der Waals surface area contributed by atoms with Gasteiger partial charge in [0.15, 0.2) is 0 Å². The highest BCUT2D eigenvalue weighted by Gasteiger charge is 2.50. The van der Waals surface area contributed by atoms with Gasteiger partial charge in [0, 0.05) is 10.0 Å². The highest BCUT2D eigenvalue weighted by molar-refractivity contribution is 6.30. The van der Waals surface area contributed by atoms with Gasteiger partial charge < -0.3 is 14.4 Å². The first-order valence-electron chi connectivity index (χ1n) is 10.1. The molecule has 0 bridgehead atoms. The van der Waals surface area contributed by atoms with E-state index in [9.17, 15) is 9.59 Å². The van der Waals surface area contributed by atoms with Crippen LogP contribution in [0.3, 0.4) is 0 Å². The second kappa shape index (κ2) is 8.96. The van der Waals surface area contributed by atoms with Gasteiger partial charge in [-0.25, -0.2) is 4.79 Å². The summed E-state index contributed by atoms with van der Waals surface area (Å²) in [5.74, 6) is -0.471. The Morgan fingerprint density at radius 3 is 2.17 bits per heavy atom. The van der Waals surface area contributed by atoms with Crippen LogP contribution < -0.4 is 0 Å². The van der Waals surface area contributed by atoms with E-state index in [2.05, 4.69) is 0 Å². The lowest BCUT2D eigenvalue weighted by Gasteiger charge is -2.44. The molecule has 1 saturated carbocycles. The molecule has 5 nitrogen and oxygen atoms in total. The third kappa shape index (κ3) is 4.34. The largest absolute Gasteiger partial charge is 0.464 e. The molecule has 158 valence electrons. The number of amides is 1. The van der Waals surface area contributed by atoms with Crippen LogP contribution in [-0.4, -0.2) is 36.0 Å². The van der Waals surface area contributed by atoms with E-state index in [1.807, 2.05) is 24.3 Å². The zero-order valence-electron chi connectivity index (χ0n) is 16.6. The number of hydrogen-bond acceptors (Lipinski definition) is 4. The molecule has 0 aromatic heterocycles. The fraction of sp³-hybridized carbons (Fsp3) is 0.391. The van der Waals surface area contributed by atoms with Gasteiger partial charge >= 0.3 is 5.97 Å². The summed E-state index contributed by atoms with van der Waals surface area (Å²) in [4.78, 5) is 27.7.